The summed E-state index contributed by atoms with van der Waals surface area (Å²) in [7, 11) is 1.32. The summed E-state index contributed by atoms with van der Waals surface area (Å²) < 4.78 is 4.71. The zero-order valence-corrected chi connectivity index (χ0v) is 15.6. The zero-order valence-electron chi connectivity index (χ0n) is 14.0. The van der Waals surface area contributed by atoms with Gasteiger partial charge < -0.3 is 10.1 Å². The molecule has 3 aromatic rings. The standard InChI is InChI=1S/C19H16N2O3S2/c1-24-19(23)13-5-4-6-14(9-13)21-18(22)16-7-2-3-8-17(16)26-11-15-10-25-12-20-15/h2-10,12H,11H2,1H3,(H,21,22). The van der Waals surface area contributed by atoms with Gasteiger partial charge in [0.15, 0.2) is 0 Å². The third-order valence-electron chi connectivity index (χ3n) is 3.53. The van der Waals surface area contributed by atoms with E-state index in [1.807, 2.05) is 23.6 Å². The number of aromatic nitrogens is 1. The molecular formula is C19H16N2O3S2. The second kappa shape index (κ2) is 8.64. The number of carbonyl (C=O) groups is 2. The minimum absolute atomic E-state index is 0.228. The third kappa shape index (κ3) is 4.50. The highest BCUT2D eigenvalue weighted by molar-refractivity contribution is 7.98. The first kappa shape index (κ1) is 18.2. The summed E-state index contributed by atoms with van der Waals surface area (Å²) in [6, 6.07) is 14.1. The van der Waals surface area contributed by atoms with Gasteiger partial charge in [0, 0.05) is 21.7 Å². The van der Waals surface area contributed by atoms with E-state index >= 15 is 0 Å². The Balaban J connectivity index is 1.75. The molecule has 1 amide bonds. The van der Waals surface area contributed by atoms with Crippen LogP contribution in [0.3, 0.4) is 0 Å². The Bertz CT molecular complexity index is 911. The minimum Gasteiger partial charge on any atom is -0.465 e. The Kier molecular flexibility index (Phi) is 6.04. The number of esters is 1. The van der Waals surface area contributed by atoms with Gasteiger partial charge in [0.2, 0.25) is 0 Å². The van der Waals surface area contributed by atoms with E-state index in [2.05, 4.69) is 10.3 Å². The first-order valence-electron chi connectivity index (χ1n) is 7.76. The van der Waals surface area contributed by atoms with E-state index in [9.17, 15) is 9.59 Å². The Morgan fingerprint density at radius 1 is 1.19 bits per heavy atom. The number of anilines is 1. The molecule has 0 atom stereocenters. The molecule has 0 saturated carbocycles. The molecule has 7 heteroatoms. The molecule has 0 fully saturated rings. The molecule has 0 bridgehead atoms. The number of amides is 1. The van der Waals surface area contributed by atoms with Crippen LogP contribution in [0, 0.1) is 0 Å². The molecule has 3 rings (SSSR count). The molecule has 0 aliphatic rings. The Morgan fingerprint density at radius 3 is 2.81 bits per heavy atom. The molecule has 1 N–H and O–H groups in total. The van der Waals surface area contributed by atoms with Gasteiger partial charge in [0.1, 0.15) is 0 Å². The molecule has 0 spiro atoms. The number of carbonyl (C=O) groups excluding carboxylic acids is 2. The van der Waals surface area contributed by atoms with Crippen LogP contribution in [0.15, 0.2) is 64.3 Å². The van der Waals surface area contributed by atoms with E-state index in [1.165, 1.54) is 7.11 Å². The number of benzene rings is 2. The smallest absolute Gasteiger partial charge is 0.337 e. The molecule has 26 heavy (non-hydrogen) atoms. The highest BCUT2D eigenvalue weighted by atomic mass is 32.2. The van der Waals surface area contributed by atoms with Crippen LogP contribution in [0.2, 0.25) is 0 Å². The summed E-state index contributed by atoms with van der Waals surface area (Å²) >= 11 is 3.12. The Morgan fingerprint density at radius 2 is 2.04 bits per heavy atom. The number of ether oxygens (including phenoxy) is 1. The van der Waals surface area contributed by atoms with Crippen LogP contribution in [-0.2, 0) is 10.5 Å². The topological polar surface area (TPSA) is 68.3 Å². The van der Waals surface area contributed by atoms with Crippen molar-refractivity contribution in [2.24, 2.45) is 0 Å². The lowest BCUT2D eigenvalue weighted by atomic mass is 10.1. The molecule has 2 aromatic carbocycles. The molecule has 0 saturated heterocycles. The fraction of sp³-hybridized carbons (Fsp3) is 0.105. The molecule has 132 valence electrons. The number of hydrogen-bond acceptors (Lipinski definition) is 6. The number of thioether (sulfide) groups is 1. The van der Waals surface area contributed by atoms with E-state index in [1.54, 1.807) is 58.9 Å². The van der Waals surface area contributed by atoms with Crippen LogP contribution in [0.25, 0.3) is 0 Å². The lowest BCUT2D eigenvalue weighted by Crippen LogP contribution is -2.13. The quantitative estimate of drug-likeness (QED) is 0.501. The van der Waals surface area contributed by atoms with Crippen molar-refractivity contribution in [1.29, 1.82) is 0 Å². The number of rotatable bonds is 6. The zero-order chi connectivity index (χ0) is 18.4. The van der Waals surface area contributed by atoms with E-state index in [0.717, 1.165) is 10.6 Å². The largest absolute Gasteiger partial charge is 0.465 e. The number of thiazole rings is 1. The number of nitrogens with zero attached hydrogens (tertiary/aromatic N) is 1. The Hall–Kier alpha value is -2.64. The second-order valence-electron chi connectivity index (χ2n) is 5.29. The summed E-state index contributed by atoms with van der Waals surface area (Å²) in [6.07, 6.45) is 0. The maximum absolute atomic E-state index is 12.7. The molecular weight excluding hydrogens is 368 g/mol. The van der Waals surface area contributed by atoms with Crippen LogP contribution in [0.5, 0.6) is 0 Å². The molecule has 0 aliphatic carbocycles. The van der Waals surface area contributed by atoms with E-state index in [4.69, 9.17) is 4.74 Å². The van der Waals surface area contributed by atoms with Crippen molar-refractivity contribution in [3.63, 3.8) is 0 Å². The van der Waals surface area contributed by atoms with Crippen LogP contribution in [0.1, 0.15) is 26.4 Å². The number of nitrogens with one attached hydrogen (secondary N) is 1. The van der Waals surface area contributed by atoms with Crippen molar-refractivity contribution in [3.8, 4) is 0 Å². The molecule has 1 aromatic heterocycles. The van der Waals surface area contributed by atoms with Crippen molar-refractivity contribution in [2.45, 2.75) is 10.6 Å². The van der Waals surface area contributed by atoms with Crippen LogP contribution in [-0.4, -0.2) is 24.0 Å². The third-order valence-corrected chi connectivity index (χ3v) is 5.27. The maximum Gasteiger partial charge on any atom is 0.337 e. The van der Waals surface area contributed by atoms with Crippen molar-refractivity contribution in [2.75, 3.05) is 12.4 Å². The van der Waals surface area contributed by atoms with Crippen LogP contribution in [0.4, 0.5) is 5.69 Å². The molecule has 0 aliphatic heterocycles. The lowest BCUT2D eigenvalue weighted by molar-refractivity contribution is 0.0600. The summed E-state index contributed by atoms with van der Waals surface area (Å²) in [4.78, 5) is 29.5. The van der Waals surface area contributed by atoms with Gasteiger partial charge in [0.05, 0.1) is 29.4 Å². The summed E-state index contributed by atoms with van der Waals surface area (Å²) in [5.41, 5.74) is 4.29. The van der Waals surface area contributed by atoms with Crippen LogP contribution < -0.4 is 5.32 Å². The summed E-state index contributed by atoms with van der Waals surface area (Å²) in [5.74, 6) is 0.0275. The minimum atomic E-state index is -0.444. The highest BCUT2D eigenvalue weighted by Crippen LogP contribution is 2.27. The normalized spacial score (nSPS) is 10.3. The first-order valence-corrected chi connectivity index (χ1v) is 9.69. The second-order valence-corrected chi connectivity index (χ2v) is 7.03. The summed E-state index contributed by atoms with van der Waals surface area (Å²) in [6.45, 7) is 0. The number of hydrogen-bond donors (Lipinski definition) is 1. The van der Waals surface area contributed by atoms with Crippen molar-refractivity contribution in [1.82, 2.24) is 4.98 Å². The number of methoxy groups -OCH3 is 1. The fourth-order valence-electron chi connectivity index (χ4n) is 2.28. The summed E-state index contributed by atoms with van der Waals surface area (Å²) in [5, 5.41) is 4.83. The van der Waals surface area contributed by atoms with Crippen molar-refractivity contribution < 1.29 is 14.3 Å². The van der Waals surface area contributed by atoms with Gasteiger partial charge >= 0.3 is 5.97 Å². The van der Waals surface area contributed by atoms with Gasteiger partial charge in [-0.05, 0) is 30.3 Å². The molecule has 0 radical (unpaired) electrons. The fourth-order valence-corrected chi connectivity index (χ4v) is 3.90. The molecule has 0 unspecified atom stereocenters. The predicted molar refractivity (Wildman–Crippen MR) is 104 cm³/mol. The van der Waals surface area contributed by atoms with Crippen LogP contribution >= 0.6 is 23.1 Å². The highest BCUT2D eigenvalue weighted by Gasteiger charge is 2.13. The monoisotopic (exact) mass is 384 g/mol. The van der Waals surface area contributed by atoms with E-state index < -0.39 is 5.97 Å². The molecule has 1 heterocycles. The van der Waals surface area contributed by atoms with Gasteiger partial charge in [0.25, 0.3) is 5.91 Å². The van der Waals surface area contributed by atoms with Gasteiger partial charge in [-0.25, -0.2) is 9.78 Å². The first-order chi connectivity index (χ1) is 12.7. The lowest BCUT2D eigenvalue weighted by Gasteiger charge is -2.10. The van der Waals surface area contributed by atoms with Crippen molar-refractivity contribution in [3.05, 3.63) is 76.2 Å². The SMILES string of the molecule is COC(=O)c1cccc(NC(=O)c2ccccc2SCc2cscn2)c1. The van der Waals surface area contributed by atoms with Gasteiger partial charge in [-0.3, -0.25) is 4.79 Å². The Labute approximate surface area is 159 Å². The predicted octanol–water partition coefficient (Wildman–Crippen LogP) is 4.47. The van der Waals surface area contributed by atoms with Gasteiger partial charge in [-0.2, -0.15) is 0 Å². The van der Waals surface area contributed by atoms with Crippen molar-refractivity contribution >= 4 is 40.7 Å². The maximum atomic E-state index is 12.7. The van der Waals surface area contributed by atoms with Gasteiger partial charge in [-0.1, -0.05) is 18.2 Å². The molecule has 5 nitrogen and oxygen atoms in total. The average molecular weight is 384 g/mol. The van der Waals surface area contributed by atoms with Gasteiger partial charge in [-0.15, -0.1) is 23.1 Å². The van der Waals surface area contributed by atoms with E-state index in [0.29, 0.717) is 22.6 Å². The van der Waals surface area contributed by atoms with E-state index in [-0.39, 0.29) is 5.91 Å². The average Bonchev–Trinajstić information content (AvgIpc) is 3.19.